The van der Waals surface area contributed by atoms with Gasteiger partial charge in [0, 0.05) is 65.4 Å². The molecule has 1 rings (SSSR count). The molecular weight excluding hydrogens is 326 g/mol. The zero-order valence-electron chi connectivity index (χ0n) is 8.77. The van der Waals surface area contributed by atoms with E-state index in [4.69, 9.17) is 0 Å². The average molecular weight is 340 g/mol. The van der Waals surface area contributed by atoms with Gasteiger partial charge in [0.15, 0.2) is 0 Å². The second kappa shape index (κ2) is 11.0. The molecule has 2 atom stereocenters. The van der Waals surface area contributed by atoms with Crippen molar-refractivity contribution < 1.29 is 65.4 Å². The third-order valence-electron chi connectivity index (χ3n) is 1.89. The number of rotatable bonds is 2. The van der Waals surface area contributed by atoms with Crippen molar-refractivity contribution in [3.63, 3.8) is 0 Å². The summed E-state index contributed by atoms with van der Waals surface area (Å²) in [6.45, 7) is 3.66. The smallest absolute Gasteiger partial charge is 0 e. The molecule has 0 aromatic heterocycles. The SMILES string of the molecule is C[C-]=NC1[CH-]C[CH-]C(N=[C-]C)C1.[Y].[Y]. The van der Waals surface area contributed by atoms with Gasteiger partial charge < -0.3 is 41.7 Å². The Bertz CT molecular complexity index is 163. The topological polar surface area (TPSA) is 24.7 Å². The van der Waals surface area contributed by atoms with E-state index in [2.05, 4.69) is 35.3 Å². The van der Waals surface area contributed by atoms with Crippen molar-refractivity contribution in [1.29, 1.82) is 0 Å². The van der Waals surface area contributed by atoms with E-state index in [0.717, 1.165) is 12.8 Å². The molecular formula is C10H14N2Y2-4. The predicted octanol–water partition coefficient (Wildman–Crippen LogP) is 1.86. The number of hydrogen-bond donors (Lipinski definition) is 0. The maximum Gasteiger partial charge on any atom is 0 e. The van der Waals surface area contributed by atoms with Crippen LogP contribution in [-0.2, 0) is 65.4 Å². The van der Waals surface area contributed by atoms with Crippen LogP contribution in [0.4, 0.5) is 0 Å². The molecule has 1 aliphatic carbocycles. The first-order chi connectivity index (χ1) is 5.86. The third kappa shape index (κ3) is 6.93. The molecule has 2 unspecified atom stereocenters. The van der Waals surface area contributed by atoms with Gasteiger partial charge in [-0.15, -0.1) is 12.1 Å². The summed E-state index contributed by atoms with van der Waals surface area (Å²) in [7, 11) is 0. The molecule has 0 bridgehead atoms. The molecule has 74 valence electrons. The maximum atomic E-state index is 4.20. The predicted molar refractivity (Wildman–Crippen MR) is 51.6 cm³/mol. The zero-order valence-corrected chi connectivity index (χ0v) is 14.4. The van der Waals surface area contributed by atoms with Crippen LogP contribution in [-0.4, -0.2) is 24.5 Å². The van der Waals surface area contributed by atoms with E-state index in [0.29, 0.717) is 12.1 Å². The van der Waals surface area contributed by atoms with Crippen LogP contribution in [0.1, 0.15) is 26.7 Å². The molecule has 0 saturated heterocycles. The fraction of sp³-hybridized carbons (Fsp3) is 0.600. The largest absolute Gasteiger partial charge is 0.530 e. The Labute approximate surface area is 138 Å². The van der Waals surface area contributed by atoms with Gasteiger partial charge in [0.05, 0.1) is 0 Å². The van der Waals surface area contributed by atoms with Crippen molar-refractivity contribution in [2.24, 2.45) is 9.98 Å². The maximum absolute atomic E-state index is 4.20. The third-order valence-corrected chi connectivity index (χ3v) is 1.89. The van der Waals surface area contributed by atoms with E-state index < -0.39 is 0 Å². The molecule has 14 heavy (non-hydrogen) atoms. The van der Waals surface area contributed by atoms with Crippen LogP contribution in [0.15, 0.2) is 9.98 Å². The quantitative estimate of drug-likeness (QED) is 0.542. The Balaban J connectivity index is 0. The fourth-order valence-corrected chi connectivity index (χ4v) is 1.38. The summed E-state index contributed by atoms with van der Waals surface area (Å²) >= 11 is 0. The van der Waals surface area contributed by atoms with E-state index in [1.54, 1.807) is 0 Å². The molecule has 4 heteroatoms. The van der Waals surface area contributed by atoms with E-state index in [1.807, 2.05) is 13.8 Å². The van der Waals surface area contributed by atoms with Crippen molar-refractivity contribution in [2.45, 2.75) is 38.8 Å². The Kier molecular flexibility index (Phi) is 14.1. The molecule has 0 aromatic carbocycles. The molecule has 0 spiro atoms. The molecule has 0 aliphatic heterocycles. The summed E-state index contributed by atoms with van der Waals surface area (Å²) in [4.78, 5) is 8.41. The molecule has 2 nitrogen and oxygen atoms in total. The average Bonchev–Trinajstić information content (AvgIpc) is 2.06. The molecule has 0 aromatic rings. The van der Waals surface area contributed by atoms with Gasteiger partial charge in [-0.3, -0.25) is 0 Å². The number of aliphatic imine (C=N–C) groups is 2. The summed E-state index contributed by atoms with van der Waals surface area (Å²) in [5, 5.41) is 0. The van der Waals surface area contributed by atoms with Crippen LogP contribution in [0.25, 0.3) is 0 Å². The van der Waals surface area contributed by atoms with E-state index in [1.165, 1.54) is 0 Å². The van der Waals surface area contributed by atoms with Crippen LogP contribution in [0.2, 0.25) is 0 Å². The van der Waals surface area contributed by atoms with Crippen molar-refractivity contribution in [1.82, 2.24) is 0 Å². The van der Waals surface area contributed by atoms with Gasteiger partial charge in [-0.1, -0.05) is 6.42 Å². The molecule has 0 heterocycles. The fourth-order valence-electron chi connectivity index (χ4n) is 1.38. The summed E-state index contributed by atoms with van der Waals surface area (Å²) in [6.07, 6.45) is 12.0. The van der Waals surface area contributed by atoms with Gasteiger partial charge in [0.25, 0.3) is 0 Å². The Morgan fingerprint density at radius 3 is 1.79 bits per heavy atom. The van der Waals surface area contributed by atoms with Crippen LogP contribution in [0.3, 0.4) is 0 Å². The van der Waals surface area contributed by atoms with Gasteiger partial charge in [0.1, 0.15) is 0 Å². The van der Waals surface area contributed by atoms with Crippen LogP contribution < -0.4 is 0 Å². The summed E-state index contributed by atoms with van der Waals surface area (Å²) in [5.74, 6) is 0. The summed E-state index contributed by atoms with van der Waals surface area (Å²) < 4.78 is 0. The minimum atomic E-state index is 0. The Morgan fingerprint density at radius 1 is 1.00 bits per heavy atom. The van der Waals surface area contributed by atoms with Crippen molar-refractivity contribution in [3.8, 4) is 0 Å². The van der Waals surface area contributed by atoms with E-state index in [-0.39, 0.29) is 65.4 Å². The minimum absolute atomic E-state index is 0. The molecule has 2 radical (unpaired) electrons. The standard InChI is InChI=1S/C10H14N2.2Y/c1-3-11-9-6-5-7-10(8-9)12-4-2;;/h6-7,9-10H,5,8H2,1-2H3;;/q-4;;. The van der Waals surface area contributed by atoms with Crippen LogP contribution in [0, 0.1) is 12.8 Å². The normalized spacial score (nSPS) is 27.3. The van der Waals surface area contributed by atoms with Gasteiger partial charge in [-0.2, -0.15) is 13.8 Å². The Hall–Kier alpha value is 1.55. The second-order valence-electron chi connectivity index (χ2n) is 2.78. The van der Waals surface area contributed by atoms with Crippen molar-refractivity contribution in [2.75, 3.05) is 0 Å². The van der Waals surface area contributed by atoms with Gasteiger partial charge in [-0.25, -0.2) is 0 Å². The monoisotopic (exact) mass is 340 g/mol. The van der Waals surface area contributed by atoms with Gasteiger partial charge in [-0.05, 0) is 0 Å². The molecule has 1 fully saturated rings. The summed E-state index contributed by atoms with van der Waals surface area (Å²) in [6, 6.07) is 0.615. The van der Waals surface area contributed by atoms with Gasteiger partial charge >= 0.3 is 0 Å². The second-order valence-corrected chi connectivity index (χ2v) is 2.78. The van der Waals surface area contributed by atoms with Crippen LogP contribution >= 0.6 is 0 Å². The van der Waals surface area contributed by atoms with Crippen molar-refractivity contribution in [3.05, 3.63) is 12.8 Å². The molecule has 0 amide bonds. The van der Waals surface area contributed by atoms with Crippen LogP contribution in [0.5, 0.6) is 0 Å². The first-order valence-electron chi connectivity index (χ1n) is 4.26. The Morgan fingerprint density at radius 2 is 1.43 bits per heavy atom. The molecule has 0 N–H and O–H groups in total. The minimum Gasteiger partial charge on any atom is -0.530 e. The number of hydrogen-bond acceptors (Lipinski definition) is 2. The summed E-state index contributed by atoms with van der Waals surface area (Å²) in [5.41, 5.74) is 0. The first-order valence-corrected chi connectivity index (χ1v) is 4.26. The van der Waals surface area contributed by atoms with E-state index >= 15 is 0 Å². The molecule has 1 saturated carbocycles. The molecule has 1 aliphatic rings. The first kappa shape index (κ1) is 17.9. The van der Waals surface area contributed by atoms with Gasteiger partial charge in [0.2, 0.25) is 0 Å². The van der Waals surface area contributed by atoms with Crippen molar-refractivity contribution >= 4 is 12.4 Å². The zero-order chi connectivity index (χ0) is 8.81. The number of nitrogens with zero attached hydrogens (tertiary/aromatic N) is 2. The van der Waals surface area contributed by atoms with E-state index in [9.17, 15) is 0 Å².